The molecule has 0 fully saturated rings. The van der Waals surface area contributed by atoms with Crippen LogP contribution in [0.1, 0.15) is 16.7 Å². The quantitative estimate of drug-likeness (QED) is 0.416. The third kappa shape index (κ3) is 5.53. The van der Waals surface area contributed by atoms with Crippen LogP contribution in [0, 0.1) is 0 Å². The average molecular weight is 325 g/mol. The molecular formula is C19H23N3O2. The number of nitrogens with zero attached hydrogens (tertiary/aromatic N) is 1. The van der Waals surface area contributed by atoms with Crippen molar-refractivity contribution in [2.45, 2.75) is 13.1 Å². The van der Waals surface area contributed by atoms with Crippen molar-refractivity contribution in [2.75, 3.05) is 19.4 Å². The van der Waals surface area contributed by atoms with Gasteiger partial charge in [-0.05, 0) is 42.9 Å². The van der Waals surface area contributed by atoms with Crippen LogP contribution < -0.4 is 10.8 Å². The molecule has 2 rings (SSSR count). The van der Waals surface area contributed by atoms with Crippen LogP contribution in [0.4, 0.5) is 5.69 Å². The molecule has 0 bridgehead atoms. The molecule has 126 valence electrons. The summed E-state index contributed by atoms with van der Waals surface area (Å²) in [6.45, 7) is 1.62. The monoisotopic (exact) mass is 325 g/mol. The first-order chi connectivity index (χ1) is 11.6. The van der Waals surface area contributed by atoms with E-state index in [0.717, 1.165) is 17.8 Å². The summed E-state index contributed by atoms with van der Waals surface area (Å²) >= 11 is 0. The van der Waals surface area contributed by atoms with Gasteiger partial charge < -0.3 is 10.2 Å². The lowest BCUT2D eigenvalue weighted by molar-refractivity contribution is -0.124. The molecule has 0 radical (unpaired) electrons. The third-order valence-electron chi connectivity index (χ3n) is 3.49. The Bertz CT molecular complexity index is 694. The number of benzene rings is 2. The Hall–Kier alpha value is -2.63. The molecule has 2 aromatic carbocycles. The summed E-state index contributed by atoms with van der Waals surface area (Å²) in [7, 11) is 4.11. The molecule has 0 aliphatic rings. The highest BCUT2D eigenvalue weighted by atomic mass is 16.5. The molecular weight excluding hydrogens is 302 g/mol. The number of para-hydroxylation sites is 1. The standard InChI is InChI=1S/C19H23N3O2/c1-22(2)14-16-9-7-15(8-10-16)13-20-18-6-4-3-5-17(18)11-12-19(23)21-24/h3-12,20,24H,13-14H2,1-2H3,(H,21,23)/b12-11+. The first kappa shape index (κ1) is 17.7. The molecule has 5 nitrogen and oxygen atoms in total. The van der Waals surface area contributed by atoms with Crippen molar-refractivity contribution in [3.8, 4) is 0 Å². The van der Waals surface area contributed by atoms with E-state index in [2.05, 4.69) is 48.6 Å². The summed E-state index contributed by atoms with van der Waals surface area (Å²) < 4.78 is 0. The largest absolute Gasteiger partial charge is 0.380 e. The summed E-state index contributed by atoms with van der Waals surface area (Å²) in [6, 6.07) is 16.2. The molecule has 1 amide bonds. The van der Waals surface area contributed by atoms with Crippen LogP contribution >= 0.6 is 0 Å². The number of amides is 1. The van der Waals surface area contributed by atoms with Gasteiger partial charge in [-0.3, -0.25) is 10.0 Å². The van der Waals surface area contributed by atoms with E-state index in [1.165, 1.54) is 17.2 Å². The molecule has 0 unspecified atom stereocenters. The smallest absolute Gasteiger partial charge is 0.267 e. The van der Waals surface area contributed by atoms with Gasteiger partial charge in [-0.2, -0.15) is 0 Å². The fourth-order valence-corrected chi connectivity index (χ4v) is 2.33. The lowest BCUT2D eigenvalue weighted by Crippen LogP contribution is -2.14. The normalized spacial score (nSPS) is 11.0. The van der Waals surface area contributed by atoms with Crippen molar-refractivity contribution in [1.29, 1.82) is 0 Å². The SMILES string of the molecule is CN(C)Cc1ccc(CNc2ccccc2/C=C/C(=O)NO)cc1. The van der Waals surface area contributed by atoms with Crippen molar-refractivity contribution in [3.63, 3.8) is 0 Å². The van der Waals surface area contributed by atoms with Gasteiger partial charge in [0.05, 0.1) is 0 Å². The second-order valence-electron chi connectivity index (χ2n) is 5.80. The highest BCUT2D eigenvalue weighted by Gasteiger charge is 2.01. The number of anilines is 1. The van der Waals surface area contributed by atoms with Crippen molar-refractivity contribution < 1.29 is 10.0 Å². The lowest BCUT2D eigenvalue weighted by atomic mass is 10.1. The molecule has 5 heteroatoms. The molecule has 0 atom stereocenters. The zero-order chi connectivity index (χ0) is 17.4. The number of hydrogen-bond donors (Lipinski definition) is 3. The molecule has 0 saturated heterocycles. The maximum absolute atomic E-state index is 11.1. The maximum Gasteiger partial charge on any atom is 0.267 e. The molecule has 0 aliphatic carbocycles. The molecule has 0 saturated carbocycles. The first-order valence-electron chi connectivity index (χ1n) is 7.76. The summed E-state index contributed by atoms with van der Waals surface area (Å²) in [5.41, 5.74) is 5.85. The Kier molecular flexibility index (Phi) is 6.54. The van der Waals surface area contributed by atoms with Crippen molar-refractivity contribution >= 4 is 17.7 Å². The van der Waals surface area contributed by atoms with Gasteiger partial charge in [0, 0.05) is 24.9 Å². The third-order valence-corrected chi connectivity index (χ3v) is 3.49. The van der Waals surface area contributed by atoms with E-state index in [1.54, 1.807) is 11.6 Å². The van der Waals surface area contributed by atoms with Gasteiger partial charge in [0.25, 0.3) is 5.91 Å². The van der Waals surface area contributed by atoms with Crippen LogP contribution in [-0.4, -0.2) is 30.1 Å². The Morgan fingerprint density at radius 1 is 1.08 bits per heavy atom. The van der Waals surface area contributed by atoms with E-state index in [1.807, 2.05) is 24.3 Å². The molecule has 2 aromatic rings. The van der Waals surface area contributed by atoms with Crippen LogP contribution in [0.15, 0.2) is 54.6 Å². The highest BCUT2D eigenvalue weighted by Crippen LogP contribution is 2.18. The fraction of sp³-hybridized carbons (Fsp3) is 0.211. The van der Waals surface area contributed by atoms with E-state index in [4.69, 9.17) is 5.21 Å². The summed E-state index contributed by atoms with van der Waals surface area (Å²) in [6.07, 6.45) is 2.95. The zero-order valence-electron chi connectivity index (χ0n) is 14.0. The molecule has 0 spiro atoms. The highest BCUT2D eigenvalue weighted by molar-refractivity contribution is 5.91. The molecule has 0 aliphatic heterocycles. The van der Waals surface area contributed by atoms with Gasteiger partial charge in [-0.1, -0.05) is 42.5 Å². The van der Waals surface area contributed by atoms with E-state index in [0.29, 0.717) is 6.54 Å². The average Bonchev–Trinajstić information content (AvgIpc) is 2.59. The lowest BCUT2D eigenvalue weighted by Gasteiger charge is -2.12. The summed E-state index contributed by atoms with van der Waals surface area (Å²) in [5, 5.41) is 11.9. The van der Waals surface area contributed by atoms with Crippen LogP contribution in [0.2, 0.25) is 0 Å². The van der Waals surface area contributed by atoms with Gasteiger partial charge >= 0.3 is 0 Å². The second-order valence-corrected chi connectivity index (χ2v) is 5.80. The molecule has 0 heterocycles. The first-order valence-corrected chi connectivity index (χ1v) is 7.76. The minimum absolute atomic E-state index is 0.554. The number of carbonyl (C=O) groups is 1. The number of nitrogens with one attached hydrogen (secondary N) is 2. The number of rotatable bonds is 7. The van der Waals surface area contributed by atoms with Crippen molar-refractivity contribution in [1.82, 2.24) is 10.4 Å². The van der Waals surface area contributed by atoms with E-state index in [-0.39, 0.29) is 0 Å². The van der Waals surface area contributed by atoms with E-state index < -0.39 is 5.91 Å². The molecule has 3 N–H and O–H groups in total. The Morgan fingerprint density at radius 3 is 2.42 bits per heavy atom. The minimum Gasteiger partial charge on any atom is -0.380 e. The molecule has 24 heavy (non-hydrogen) atoms. The Morgan fingerprint density at radius 2 is 1.75 bits per heavy atom. The Labute approximate surface area is 142 Å². The van der Waals surface area contributed by atoms with Crippen LogP contribution in [0.3, 0.4) is 0 Å². The summed E-state index contributed by atoms with van der Waals surface area (Å²) in [4.78, 5) is 13.2. The fourth-order valence-electron chi connectivity index (χ4n) is 2.33. The van der Waals surface area contributed by atoms with Crippen molar-refractivity contribution in [3.05, 3.63) is 71.3 Å². The van der Waals surface area contributed by atoms with Crippen molar-refractivity contribution in [2.24, 2.45) is 0 Å². The van der Waals surface area contributed by atoms with E-state index >= 15 is 0 Å². The van der Waals surface area contributed by atoms with Crippen LogP contribution in [-0.2, 0) is 17.9 Å². The number of hydrogen-bond acceptors (Lipinski definition) is 4. The van der Waals surface area contributed by atoms with Crippen LogP contribution in [0.5, 0.6) is 0 Å². The predicted octanol–water partition coefficient (Wildman–Crippen LogP) is 2.88. The minimum atomic E-state index is -0.554. The van der Waals surface area contributed by atoms with Crippen LogP contribution in [0.25, 0.3) is 6.08 Å². The zero-order valence-corrected chi connectivity index (χ0v) is 14.0. The maximum atomic E-state index is 11.1. The van der Waals surface area contributed by atoms with E-state index in [9.17, 15) is 4.79 Å². The molecule has 0 aromatic heterocycles. The van der Waals surface area contributed by atoms with Gasteiger partial charge in [-0.25, -0.2) is 5.48 Å². The predicted molar refractivity (Wildman–Crippen MR) is 96.6 cm³/mol. The number of hydroxylamine groups is 1. The van der Waals surface area contributed by atoms with Gasteiger partial charge in [0.15, 0.2) is 0 Å². The second kappa shape index (κ2) is 8.86. The van der Waals surface area contributed by atoms with Gasteiger partial charge in [0.2, 0.25) is 0 Å². The number of carbonyl (C=O) groups excluding carboxylic acids is 1. The Balaban J connectivity index is 2.01. The summed E-state index contributed by atoms with van der Waals surface area (Å²) in [5.74, 6) is -0.554. The topological polar surface area (TPSA) is 64.6 Å². The van der Waals surface area contributed by atoms with Gasteiger partial charge in [0.1, 0.15) is 0 Å². The van der Waals surface area contributed by atoms with Gasteiger partial charge in [-0.15, -0.1) is 0 Å².